The zero-order valence-corrected chi connectivity index (χ0v) is 12.2. The molecule has 19 heavy (non-hydrogen) atoms. The highest BCUT2D eigenvalue weighted by molar-refractivity contribution is 7.89. The Hall–Kier alpha value is -0.910. The SMILES string of the molecule is Cc1ccc(S(=O)(=O)N2CC(N)(C3CC3)C2)cc1C. The van der Waals surface area contributed by atoms with E-state index in [0.29, 0.717) is 23.9 Å². The van der Waals surface area contributed by atoms with Crippen LogP contribution in [0.2, 0.25) is 0 Å². The van der Waals surface area contributed by atoms with E-state index in [2.05, 4.69) is 0 Å². The average Bonchev–Trinajstić information content (AvgIpc) is 3.12. The van der Waals surface area contributed by atoms with Gasteiger partial charge in [0.05, 0.1) is 4.90 Å². The molecule has 1 heterocycles. The van der Waals surface area contributed by atoms with E-state index >= 15 is 0 Å². The van der Waals surface area contributed by atoms with Gasteiger partial charge in [0.15, 0.2) is 0 Å². The van der Waals surface area contributed by atoms with Gasteiger partial charge in [-0.3, -0.25) is 0 Å². The van der Waals surface area contributed by atoms with Crippen LogP contribution in [0.1, 0.15) is 24.0 Å². The van der Waals surface area contributed by atoms with Gasteiger partial charge in [0.25, 0.3) is 0 Å². The minimum atomic E-state index is -3.36. The molecule has 1 aromatic rings. The van der Waals surface area contributed by atoms with Crippen molar-refractivity contribution in [1.29, 1.82) is 0 Å². The third kappa shape index (κ3) is 2.10. The van der Waals surface area contributed by atoms with E-state index in [-0.39, 0.29) is 5.54 Å². The fourth-order valence-corrected chi connectivity index (χ4v) is 4.40. The molecule has 0 atom stereocenters. The van der Waals surface area contributed by atoms with Crippen LogP contribution in [0.3, 0.4) is 0 Å². The summed E-state index contributed by atoms with van der Waals surface area (Å²) in [6.45, 7) is 4.84. The van der Waals surface area contributed by atoms with E-state index in [1.165, 1.54) is 4.31 Å². The lowest BCUT2D eigenvalue weighted by Crippen LogP contribution is -2.69. The van der Waals surface area contributed by atoms with Gasteiger partial charge in [-0.2, -0.15) is 4.31 Å². The van der Waals surface area contributed by atoms with Gasteiger partial charge in [-0.05, 0) is 55.9 Å². The molecule has 0 bridgehead atoms. The van der Waals surface area contributed by atoms with Gasteiger partial charge >= 0.3 is 0 Å². The zero-order valence-electron chi connectivity index (χ0n) is 11.4. The Balaban J connectivity index is 1.82. The summed E-state index contributed by atoms with van der Waals surface area (Å²) in [5, 5.41) is 0. The number of nitrogens with zero attached hydrogens (tertiary/aromatic N) is 1. The number of benzene rings is 1. The Morgan fingerprint density at radius 1 is 1.21 bits per heavy atom. The molecule has 0 amide bonds. The van der Waals surface area contributed by atoms with E-state index in [9.17, 15) is 8.42 Å². The molecule has 0 radical (unpaired) electrons. The van der Waals surface area contributed by atoms with Crippen molar-refractivity contribution in [2.45, 2.75) is 37.1 Å². The Labute approximate surface area is 114 Å². The van der Waals surface area contributed by atoms with Crippen LogP contribution in [-0.4, -0.2) is 31.4 Å². The van der Waals surface area contributed by atoms with Crippen LogP contribution in [0.4, 0.5) is 0 Å². The van der Waals surface area contributed by atoms with E-state index in [4.69, 9.17) is 5.73 Å². The number of nitrogens with two attached hydrogens (primary N) is 1. The Morgan fingerprint density at radius 3 is 2.37 bits per heavy atom. The number of sulfonamides is 1. The first kappa shape index (κ1) is 13.1. The highest BCUT2D eigenvalue weighted by Gasteiger charge is 2.53. The Kier molecular flexibility index (Phi) is 2.78. The maximum atomic E-state index is 12.5. The first-order valence-electron chi connectivity index (χ1n) is 6.69. The molecule has 3 rings (SSSR count). The van der Waals surface area contributed by atoms with Gasteiger partial charge in [-0.25, -0.2) is 8.42 Å². The van der Waals surface area contributed by atoms with Crippen molar-refractivity contribution in [3.05, 3.63) is 29.3 Å². The predicted octanol–water partition coefficient (Wildman–Crippen LogP) is 1.42. The molecule has 2 aliphatic rings. The van der Waals surface area contributed by atoms with Crippen molar-refractivity contribution < 1.29 is 8.42 Å². The van der Waals surface area contributed by atoms with Crippen LogP contribution in [0.15, 0.2) is 23.1 Å². The van der Waals surface area contributed by atoms with Crippen molar-refractivity contribution in [1.82, 2.24) is 4.31 Å². The summed E-state index contributed by atoms with van der Waals surface area (Å²) >= 11 is 0. The lowest BCUT2D eigenvalue weighted by molar-refractivity contribution is 0.135. The molecule has 2 N–H and O–H groups in total. The quantitative estimate of drug-likeness (QED) is 0.910. The van der Waals surface area contributed by atoms with Crippen LogP contribution in [0.5, 0.6) is 0 Å². The molecule has 1 aromatic carbocycles. The van der Waals surface area contributed by atoms with Crippen LogP contribution >= 0.6 is 0 Å². The second-order valence-corrected chi connectivity index (χ2v) is 7.96. The van der Waals surface area contributed by atoms with Crippen molar-refractivity contribution in [2.24, 2.45) is 11.7 Å². The monoisotopic (exact) mass is 280 g/mol. The largest absolute Gasteiger partial charge is 0.323 e. The van der Waals surface area contributed by atoms with Gasteiger partial charge in [0.1, 0.15) is 0 Å². The maximum Gasteiger partial charge on any atom is 0.243 e. The van der Waals surface area contributed by atoms with E-state index < -0.39 is 10.0 Å². The molecule has 1 aliphatic heterocycles. The molecule has 2 fully saturated rings. The summed E-state index contributed by atoms with van der Waals surface area (Å²) in [4.78, 5) is 0.383. The molecule has 0 spiro atoms. The highest BCUT2D eigenvalue weighted by atomic mass is 32.2. The third-order valence-corrected chi connectivity index (χ3v) is 6.24. The van der Waals surface area contributed by atoms with E-state index in [1.54, 1.807) is 12.1 Å². The van der Waals surface area contributed by atoms with E-state index in [1.807, 2.05) is 19.9 Å². The summed E-state index contributed by atoms with van der Waals surface area (Å²) in [6.07, 6.45) is 2.29. The van der Waals surface area contributed by atoms with Crippen LogP contribution < -0.4 is 5.73 Å². The zero-order chi connectivity index (χ0) is 13.8. The standard InChI is InChI=1S/C14H20N2O2S/c1-10-3-6-13(7-11(10)2)19(17,18)16-8-14(15,9-16)12-4-5-12/h3,6-7,12H,4-5,8-9,15H2,1-2H3. The normalized spacial score (nSPS) is 23.1. The second kappa shape index (κ2) is 4.04. The maximum absolute atomic E-state index is 12.5. The molecule has 5 heteroatoms. The van der Waals surface area contributed by atoms with Crippen molar-refractivity contribution >= 4 is 10.0 Å². The number of aryl methyl sites for hydroxylation is 2. The Morgan fingerprint density at radius 2 is 1.84 bits per heavy atom. The van der Waals surface area contributed by atoms with Crippen molar-refractivity contribution in [3.63, 3.8) is 0 Å². The lowest BCUT2D eigenvalue weighted by atomic mass is 9.88. The lowest BCUT2D eigenvalue weighted by Gasteiger charge is -2.47. The topological polar surface area (TPSA) is 63.4 Å². The minimum absolute atomic E-state index is 0.271. The van der Waals surface area contributed by atoms with Crippen molar-refractivity contribution in [3.8, 4) is 0 Å². The first-order chi connectivity index (χ1) is 8.83. The van der Waals surface area contributed by atoms with Crippen LogP contribution in [0, 0.1) is 19.8 Å². The fraction of sp³-hybridized carbons (Fsp3) is 0.571. The van der Waals surface area contributed by atoms with Gasteiger partial charge in [0.2, 0.25) is 10.0 Å². The highest BCUT2D eigenvalue weighted by Crippen LogP contribution is 2.44. The predicted molar refractivity (Wildman–Crippen MR) is 74.3 cm³/mol. The summed E-state index contributed by atoms with van der Waals surface area (Å²) < 4.78 is 26.5. The fourth-order valence-electron chi connectivity index (χ4n) is 2.72. The molecule has 104 valence electrons. The third-order valence-electron chi connectivity index (χ3n) is 4.45. The van der Waals surface area contributed by atoms with Gasteiger partial charge in [-0.1, -0.05) is 6.07 Å². The summed E-state index contributed by atoms with van der Waals surface area (Å²) in [5.41, 5.74) is 8.06. The van der Waals surface area contributed by atoms with Gasteiger partial charge in [-0.15, -0.1) is 0 Å². The number of hydrogen-bond acceptors (Lipinski definition) is 3. The van der Waals surface area contributed by atoms with Gasteiger partial charge in [0, 0.05) is 18.6 Å². The molecule has 0 aromatic heterocycles. The molecule has 0 unspecified atom stereocenters. The second-order valence-electron chi connectivity index (χ2n) is 6.03. The number of rotatable bonds is 3. The molecule has 1 saturated heterocycles. The van der Waals surface area contributed by atoms with E-state index in [0.717, 1.165) is 24.0 Å². The van der Waals surface area contributed by atoms with Crippen LogP contribution in [-0.2, 0) is 10.0 Å². The molecule has 4 nitrogen and oxygen atoms in total. The summed E-state index contributed by atoms with van der Waals surface area (Å²) in [5.74, 6) is 0.527. The molecular formula is C14H20N2O2S. The first-order valence-corrected chi connectivity index (χ1v) is 8.13. The molecule has 1 aliphatic carbocycles. The van der Waals surface area contributed by atoms with Crippen LogP contribution in [0.25, 0.3) is 0 Å². The smallest absolute Gasteiger partial charge is 0.243 e. The number of hydrogen-bond donors (Lipinski definition) is 1. The average molecular weight is 280 g/mol. The summed E-state index contributed by atoms with van der Waals surface area (Å²) in [7, 11) is -3.36. The minimum Gasteiger partial charge on any atom is -0.323 e. The molecular weight excluding hydrogens is 260 g/mol. The van der Waals surface area contributed by atoms with Crippen molar-refractivity contribution in [2.75, 3.05) is 13.1 Å². The summed E-state index contributed by atoms with van der Waals surface area (Å²) in [6, 6.07) is 5.29. The van der Waals surface area contributed by atoms with Gasteiger partial charge < -0.3 is 5.73 Å². The molecule has 1 saturated carbocycles. The Bertz CT molecular complexity index is 614.